The van der Waals surface area contributed by atoms with Gasteiger partial charge in [-0.2, -0.15) is 0 Å². The van der Waals surface area contributed by atoms with Crippen molar-refractivity contribution in [3.63, 3.8) is 0 Å². The molecule has 0 aliphatic carbocycles. The number of benzene rings is 1. The van der Waals surface area contributed by atoms with Crippen LogP contribution in [0.3, 0.4) is 0 Å². The van der Waals surface area contributed by atoms with Gasteiger partial charge in [0.1, 0.15) is 5.82 Å². The van der Waals surface area contributed by atoms with Crippen LogP contribution >= 0.6 is 0 Å². The van der Waals surface area contributed by atoms with Crippen molar-refractivity contribution in [2.24, 2.45) is 0 Å². The third-order valence-electron chi connectivity index (χ3n) is 5.40. The monoisotopic (exact) mass is 360 g/mol. The number of anilines is 1. The van der Waals surface area contributed by atoms with E-state index in [-0.39, 0.29) is 5.82 Å². The van der Waals surface area contributed by atoms with Crippen LogP contribution in [0.15, 0.2) is 36.7 Å². The lowest BCUT2D eigenvalue weighted by atomic mass is 10.0. The van der Waals surface area contributed by atoms with Gasteiger partial charge in [0.2, 0.25) is 5.95 Å². The lowest BCUT2D eigenvalue weighted by molar-refractivity contribution is 0.151. The van der Waals surface area contributed by atoms with Gasteiger partial charge >= 0.3 is 0 Å². The van der Waals surface area contributed by atoms with E-state index >= 15 is 0 Å². The van der Waals surface area contributed by atoms with Gasteiger partial charge in [-0.25, -0.2) is 18.7 Å². The highest BCUT2D eigenvalue weighted by atomic mass is 19.1. The minimum atomic E-state index is -0.556. The second-order valence-electron chi connectivity index (χ2n) is 7.10. The van der Waals surface area contributed by atoms with Gasteiger partial charge in [-0.05, 0) is 43.5 Å². The average Bonchev–Trinajstić information content (AvgIpc) is 3.23. The molecule has 3 heterocycles. The number of aromatic nitrogens is 2. The molecule has 2 aliphatic rings. The van der Waals surface area contributed by atoms with Gasteiger partial charge in [0.15, 0.2) is 5.82 Å². The van der Waals surface area contributed by atoms with Crippen LogP contribution in [-0.4, -0.2) is 51.7 Å². The Morgan fingerprint density at radius 2 is 1.77 bits per heavy atom. The number of piperazine rings is 1. The van der Waals surface area contributed by atoms with Crippen molar-refractivity contribution in [3.05, 3.63) is 53.9 Å². The molecule has 1 N–H and O–H groups in total. The molecule has 0 spiro atoms. The lowest BCUT2D eigenvalue weighted by Gasteiger charge is -2.34. The molecule has 26 heavy (non-hydrogen) atoms. The largest absolute Gasteiger partial charge is 0.388 e. The Balaban J connectivity index is 1.25. The minimum absolute atomic E-state index is 0.288. The highest BCUT2D eigenvalue weighted by Crippen LogP contribution is 2.33. The van der Waals surface area contributed by atoms with Crippen LogP contribution in [0.25, 0.3) is 0 Å². The first-order valence-corrected chi connectivity index (χ1v) is 9.02. The van der Waals surface area contributed by atoms with Crippen LogP contribution in [0.4, 0.5) is 14.7 Å². The summed E-state index contributed by atoms with van der Waals surface area (Å²) in [6, 6.07) is 6.86. The maximum Gasteiger partial charge on any atom is 0.225 e. The molecular weight excluding hydrogens is 338 g/mol. The molecule has 2 fully saturated rings. The van der Waals surface area contributed by atoms with Crippen molar-refractivity contribution >= 4 is 5.95 Å². The zero-order valence-electron chi connectivity index (χ0n) is 14.4. The topological polar surface area (TPSA) is 52.5 Å². The van der Waals surface area contributed by atoms with Crippen molar-refractivity contribution in [3.8, 4) is 0 Å². The predicted octanol–water partition coefficient (Wildman–Crippen LogP) is 2.53. The van der Waals surface area contributed by atoms with E-state index < -0.39 is 11.9 Å². The Hall–Kier alpha value is -2.12. The number of likely N-dealkylation sites (tertiary alicyclic amines) is 1. The van der Waals surface area contributed by atoms with Crippen molar-refractivity contribution in [1.29, 1.82) is 0 Å². The summed E-state index contributed by atoms with van der Waals surface area (Å²) in [5.74, 6) is -0.103. The van der Waals surface area contributed by atoms with Crippen molar-refractivity contribution in [2.45, 2.75) is 37.5 Å². The first-order valence-electron chi connectivity index (χ1n) is 9.02. The van der Waals surface area contributed by atoms with Crippen LogP contribution in [-0.2, 0) is 0 Å². The Kier molecular flexibility index (Phi) is 4.82. The summed E-state index contributed by atoms with van der Waals surface area (Å²) in [6.07, 6.45) is 4.48. The van der Waals surface area contributed by atoms with E-state index in [9.17, 15) is 13.9 Å². The summed E-state index contributed by atoms with van der Waals surface area (Å²) >= 11 is 0. The Morgan fingerprint density at radius 1 is 1.04 bits per heavy atom. The van der Waals surface area contributed by atoms with Gasteiger partial charge < -0.3 is 10.0 Å². The van der Waals surface area contributed by atoms with Gasteiger partial charge in [-0.1, -0.05) is 12.1 Å². The molecule has 1 aromatic carbocycles. The Morgan fingerprint density at radius 3 is 2.42 bits per heavy atom. The van der Waals surface area contributed by atoms with E-state index in [1.165, 1.54) is 24.5 Å². The van der Waals surface area contributed by atoms with Gasteiger partial charge in [-0.3, -0.25) is 4.90 Å². The van der Waals surface area contributed by atoms with Gasteiger partial charge in [-0.15, -0.1) is 0 Å². The van der Waals surface area contributed by atoms with E-state index in [0.29, 0.717) is 24.5 Å². The van der Waals surface area contributed by atoms with Crippen molar-refractivity contribution in [1.82, 2.24) is 14.9 Å². The second kappa shape index (κ2) is 7.25. The van der Waals surface area contributed by atoms with E-state index in [0.717, 1.165) is 38.0 Å². The molecule has 7 heteroatoms. The first kappa shape index (κ1) is 17.3. The molecule has 2 saturated heterocycles. The van der Waals surface area contributed by atoms with Crippen molar-refractivity contribution < 1.29 is 13.9 Å². The SMILES string of the molecule is OC(CCCN1C[C@@H]2C[C@H]1CN2c1ncc(F)cn1)c1ccc(F)cc1. The quantitative estimate of drug-likeness (QED) is 0.858. The first-order chi connectivity index (χ1) is 12.6. The average molecular weight is 360 g/mol. The molecule has 1 unspecified atom stereocenters. The molecule has 1 aromatic heterocycles. The molecule has 0 saturated carbocycles. The fourth-order valence-electron chi connectivity index (χ4n) is 4.06. The lowest BCUT2D eigenvalue weighted by Crippen LogP contribution is -2.47. The Bertz CT molecular complexity index is 740. The summed E-state index contributed by atoms with van der Waals surface area (Å²) in [4.78, 5) is 12.8. The number of fused-ring (bicyclic) bond motifs is 2. The van der Waals surface area contributed by atoms with E-state index in [4.69, 9.17) is 0 Å². The predicted molar refractivity (Wildman–Crippen MR) is 93.7 cm³/mol. The van der Waals surface area contributed by atoms with Gasteiger partial charge in [0.05, 0.1) is 18.5 Å². The molecule has 4 rings (SSSR count). The summed E-state index contributed by atoms with van der Waals surface area (Å²) < 4.78 is 25.9. The molecule has 0 amide bonds. The second-order valence-corrected chi connectivity index (χ2v) is 7.10. The number of aliphatic hydroxyl groups excluding tert-OH is 1. The van der Waals surface area contributed by atoms with Gasteiger partial charge in [0, 0.05) is 25.2 Å². The highest BCUT2D eigenvalue weighted by Gasteiger charge is 2.43. The molecule has 0 radical (unpaired) electrons. The summed E-state index contributed by atoms with van der Waals surface area (Å²) in [5.41, 5.74) is 0.758. The Labute approximate surface area is 151 Å². The number of halogens is 2. The van der Waals surface area contributed by atoms with Crippen LogP contribution in [0, 0.1) is 11.6 Å². The molecular formula is C19H22F2N4O. The molecule has 138 valence electrons. The number of hydrogen-bond donors (Lipinski definition) is 1. The molecule has 2 aromatic rings. The fourth-order valence-corrected chi connectivity index (χ4v) is 4.06. The number of aliphatic hydroxyl groups is 1. The van der Waals surface area contributed by atoms with E-state index in [1.54, 1.807) is 12.1 Å². The highest BCUT2D eigenvalue weighted by molar-refractivity contribution is 5.36. The summed E-state index contributed by atoms with van der Waals surface area (Å²) in [7, 11) is 0. The van der Waals surface area contributed by atoms with Crippen LogP contribution < -0.4 is 4.90 Å². The van der Waals surface area contributed by atoms with E-state index in [1.807, 2.05) is 0 Å². The van der Waals surface area contributed by atoms with Crippen molar-refractivity contribution in [2.75, 3.05) is 24.5 Å². The van der Waals surface area contributed by atoms with E-state index in [2.05, 4.69) is 19.8 Å². The summed E-state index contributed by atoms with van der Waals surface area (Å²) in [6.45, 7) is 2.73. The van der Waals surface area contributed by atoms with Gasteiger partial charge in [0.25, 0.3) is 0 Å². The zero-order valence-corrected chi connectivity index (χ0v) is 14.4. The third kappa shape index (κ3) is 3.54. The van der Waals surface area contributed by atoms with Crippen LogP contribution in [0.5, 0.6) is 0 Å². The zero-order chi connectivity index (χ0) is 18.1. The maximum atomic E-state index is 13.0. The standard InChI is InChI=1S/C19H22F2N4O/c20-14-5-3-13(4-6-14)18(26)2-1-7-24-11-17-8-16(24)12-25(17)19-22-9-15(21)10-23-19/h3-6,9-10,16-18,26H,1-2,7-8,11-12H2/t16-,17-,18?/m0/s1. The minimum Gasteiger partial charge on any atom is -0.388 e. The fraction of sp³-hybridized carbons (Fsp3) is 0.474. The molecule has 5 nitrogen and oxygen atoms in total. The molecule has 3 atom stereocenters. The summed E-state index contributed by atoms with van der Waals surface area (Å²) in [5, 5.41) is 10.2. The van der Waals surface area contributed by atoms with Crippen LogP contribution in [0.1, 0.15) is 30.9 Å². The maximum absolute atomic E-state index is 13.0. The molecule has 2 aliphatic heterocycles. The smallest absolute Gasteiger partial charge is 0.225 e. The third-order valence-corrected chi connectivity index (χ3v) is 5.40. The van der Waals surface area contributed by atoms with Crippen LogP contribution in [0.2, 0.25) is 0 Å². The number of rotatable bonds is 6. The number of hydrogen-bond acceptors (Lipinski definition) is 5. The normalized spacial score (nSPS) is 23.6. The number of nitrogens with zero attached hydrogens (tertiary/aromatic N) is 4. The molecule has 2 bridgehead atoms.